The van der Waals surface area contributed by atoms with Crippen LogP contribution in [0.15, 0.2) is 6.20 Å². The van der Waals surface area contributed by atoms with Gasteiger partial charge in [0.1, 0.15) is 0 Å². The zero-order valence-electron chi connectivity index (χ0n) is 11.2. The van der Waals surface area contributed by atoms with Crippen LogP contribution in [0.25, 0.3) is 0 Å². The molecule has 6 heteroatoms. The molecule has 0 unspecified atom stereocenters. The molecular weight excluding hydrogens is 232 g/mol. The van der Waals surface area contributed by atoms with E-state index >= 15 is 0 Å². The Hall–Kier alpha value is -2.11. The molecule has 0 spiro atoms. The zero-order valence-corrected chi connectivity index (χ0v) is 11.2. The van der Waals surface area contributed by atoms with Gasteiger partial charge in [-0.3, -0.25) is 14.2 Å². The predicted molar refractivity (Wildman–Crippen MR) is 65.9 cm³/mol. The predicted octanol–water partition coefficient (Wildman–Crippen LogP) is 1.01. The second-order valence-electron chi connectivity index (χ2n) is 4.18. The van der Waals surface area contributed by atoms with E-state index in [-0.39, 0.29) is 5.78 Å². The first-order valence-corrected chi connectivity index (χ1v) is 5.58. The second kappa shape index (κ2) is 4.29. The van der Waals surface area contributed by atoms with Crippen molar-refractivity contribution in [3.63, 3.8) is 0 Å². The van der Waals surface area contributed by atoms with Crippen molar-refractivity contribution < 1.29 is 9.53 Å². The molecular formula is C12H16N4O2. The number of nitrogens with zero attached hydrogens (tertiary/aromatic N) is 4. The van der Waals surface area contributed by atoms with Crippen molar-refractivity contribution in [2.24, 2.45) is 14.1 Å². The Balaban J connectivity index is 2.58. The normalized spacial score (nSPS) is 10.7. The molecule has 18 heavy (non-hydrogen) atoms. The highest BCUT2D eigenvalue weighted by atomic mass is 16.5. The molecule has 2 aromatic heterocycles. The Morgan fingerprint density at radius 3 is 2.44 bits per heavy atom. The third-order valence-electron chi connectivity index (χ3n) is 3.08. The Bertz CT molecular complexity index is 610. The molecule has 2 aromatic rings. The largest absolute Gasteiger partial charge is 0.493 e. The summed E-state index contributed by atoms with van der Waals surface area (Å²) in [6, 6.07) is 0. The van der Waals surface area contributed by atoms with Gasteiger partial charge in [-0.15, -0.1) is 0 Å². The molecule has 0 saturated heterocycles. The van der Waals surface area contributed by atoms with Crippen LogP contribution in [-0.2, 0) is 14.1 Å². The van der Waals surface area contributed by atoms with Crippen LogP contribution >= 0.6 is 0 Å². The van der Waals surface area contributed by atoms with Gasteiger partial charge in [0.2, 0.25) is 5.78 Å². The number of ether oxygens (including phenoxy) is 1. The average molecular weight is 248 g/mol. The molecule has 0 aromatic carbocycles. The number of carbonyl (C=O) groups is 1. The molecule has 0 N–H and O–H groups in total. The Kier molecular flexibility index (Phi) is 2.94. The maximum atomic E-state index is 12.6. The van der Waals surface area contributed by atoms with E-state index in [1.165, 1.54) is 18.0 Å². The van der Waals surface area contributed by atoms with Gasteiger partial charge in [0, 0.05) is 19.8 Å². The minimum absolute atomic E-state index is 0.116. The van der Waals surface area contributed by atoms with Crippen molar-refractivity contribution >= 4 is 5.78 Å². The van der Waals surface area contributed by atoms with Crippen molar-refractivity contribution in [1.82, 2.24) is 19.6 Å². The van der Waals surface area contributed by atoms with Gasteiger partial charge < -0.3 is 4.74 Å². The van der Waals surface area contributed by atoms with Crippen LogP contribution < -0.4 is 4.74 Å². The average Bonchev–Trinajstić information content (AvgIpc) is 2.80. The zero-order chi connectivity index (χ0) is 13.4. The third kappa shape index (κ3) is 1.70. The molecule has 0 amide bonds. The van der Waals surface area contributed by atoms with Gasteiger partial charge in [0.15, 0.2) is 11.4 Å². The molecule has 0 aliphatic rings. The highest BCUT2D eigenvalue weighted by Gasteiger charge is 2.25. The first kappa shape index (κ1) is 12.3. The van der Waals surface area contributed by atoms with Crippen LogP contribution in [0.3, 0.4) is 0 Å². The number of aromatic nitrogens is 4. The summed E-state index contributed by atoms with van der Waals surface area (Å²) >= 11 is 0. The van der Waals surface area contributed by atoms with Crippen LogP contribution in [0.4, 0.5) is 0 Å². The topological polar surface area (TPSA) is 61.9 Å². The minimum Gasteiger partial charge on any atom is -0.493 e. The summed E-state index contributed by atoms with van der Waals surface area (Å²) in [6.07, 6.45) is 1.54. The van der Waals surface area contributed by atoms with E-state index in [9.17, 15) is 4.79 Å². The van der Waals surface area contributed by atoms with Gasteiger partial charge >= 0.3 is 0 Å². The molecule has 0 saturated carbocycles. The van der Waals surface area contributed by atoms with Crippen LogP contribution in [0, 0.1) is 13.8 Å². The van der Waals surface area contributed by atoms with E-state index in [1.807, 2.05) is 20.9 Å². The highest BCUT2D eigenvalue weighted by Crippen LogP contribution is 2.23. The number of hydrogen-bond donors (Lipinski definition) is 0. The standard InChI is InChI=1S/C12H16N4O2/c1-7-10(8(2)15(3)14-7)12(17)11-9(18-5)6-13-16(11)4/h6H,1-5H3. The summed E-state index contributed by atoms with van der Waals surface area (Å²) in [5, 5.41) is 8.30. The van der Waals surface area contributed by atoms with Crippen LogP contribution in [0.1, 0.15) is 27.4 Å². The summed E-state index contributed by atoms with van der Waals surface area (Å²) in [6.45, 7) is 3.69. The SMILES string of the molecule is COc1cnn(C)c1C(=O)c1c(C)nn(C)c1C. The molecule has 0 bridgehead atoms. The van der Waals surface area contributed by atoms with E-state index in [0.717, 1.165) is 5.69 Å². The Morgan fingerprint density at radius 1 is 1.28 bits per heavy atom. The monoisotopic (exact) mass is 248 g/mol. The van der Waals surface area contributed by atoms with E-state index in [0.29, 0.717) is 22.7 Å². The highest BCUT2D eigenvalue weighted by molar-refractivity contribution is 6.10. The van der Waals surface area contributed by atoms with E-state index in [4.69, 9.17) is 4.74 Å². The number of aryl methyl sites for hydroxylation is 3. The smallest absolute Gasteiger partial charge is 0.218 e. The number of carbonyl (C=O) groups excluding carboxylic acids is 1. The fourth-order valence-electron chi connectivity index (χ4n) is 2.05. The fourth-order valence-corrected chi connectivity index (χ4v) is 2.05. The van der Waals surface area contributed by atoms with Crippen LogP contribution in [-0.4, -0.2) is 32.5 Å². The van der Waals surface area contributed by atoms with Crippen molar-refractivity contribution in [1.29, 1.82) is 0 Å². The van der Waals surface area contributed by atoms with Gasteiger partial charge in [-0.05, 0) is 13.8 Å². The lowest BCUT2D eigenvalue weighted by Crippen LogP contribution is -2.11. The first-order valence-electron chi connectivity index (χ1n) is 5.58. The van der Waals surface area contributed by atoms with E-state index in [2.05, 4.69) is 10.2 Å². The molecule has 2 heterocycles. The van der Waals surface area contributed by atoms with Crippen molar-refractivity contribution in [2.45, 2.75) is 13.8 Å². The molecule has 0 fully saturated rings. The molecule has 0 radical (unpaired) electrons. The lowest BCUT2D eigenvalue weighted by Gasteiger charge is -2.05. The summed E-state index contributed by atoms with van der Waals surface area (Å²) in [5.74, 6) is 0.361. The van der Waals surface area contributed by atoms with Gasteiger partial charge in [-0.1, -0.05) is 0 Å². The maximum Gasteiger partial charge on any atom is 0.218 e. The number of methoxy groups -OCH3 is 1. The Labute approximate surface area is 105 Å². The Morgan fingerprint density at radius 2 is 1.94 bits per heavy atom. The van der Waals surface area contributed by atoms with Crippen molar-refractivity contribution in [3.05, 3.63) is 28.8 Å². The maximum absolute atomic E-state index is 12.6. The number of hydrogen-bond acceptors (Lipinski definition) is 4. The van der Waals surface area contributed by atoms with Crippen molar-refractivity contribution in [3.8, 4) is 5.75 Å². The summed E-state index contributed by atoms with van der Waals surface area (Å²) < 4.78 is 8.38. The second-order valence-corrected chi connectivity index (χ2v) is 4.18. The number of rotatable bonds is 3. The third-order valence-corrected chi connectivity index (χ3v) is 3.08. The fraction of sp³-hybridized carbons (Fsp3) is 0.417. The summed E-state index contributed by atoms with van der Waals surface area (Å²) in [5.41, 5.74) is 2.60. The summed E-state index contributed by atoms with van der Waals surface area (Å²) in [7, 11) is 5.06. The lowest BCUT2D eigenvalue weighted by atomic mass is 10.1. The molecule has 0 aliphatic heterocycles. The van der Waals surface area contributed by atoms with Gasteiger partial charge in [0.25, 0.3) is 0 Å². The first-order chi connectivity index (χ1) is 8.47. The molecule has 0 aliphatic carbocycles. The lowest BCUT2D eigenvalue weighted by molar-refractivity contribution is 0.102. The summed E-state index contributed by atoms with van der Waals surface area (Å²) in [4.78, 5) is 12.6. The number of ketones is 1. The molecule has 0 atom stereocenters. The molecule has 96 valence electrons. The van der Waals surface area contributed by atoms with Crippen LogP contribution in [0.2, 0.25) is 0 Å². The van der Waals surface area contributed by atoms with Gasteiger partial charge in [0.05, 0.1) is 24.6 Å². The van der Waals surface area contributed by atoms with E-state index < -0.39 is 0 Å². The van der Waals surface area contributed by atoms with Gasteiger partial charge in [-0.2, -0.15) is 10.2 Å². The van der Waals surface area contributed by atoms with E-state index in [1.54, 1.807) is 11.7 Å². The minimum atomic E-state index is -0.116. The molecule has 2 rings (SSSR count). The van der Waals surface area contributed by atoms with Crippen LogP contribution in [0.5, 0.6) is 5.75 Å². The van der Waals surface area contributed by atoms with Crippen molar-refractivity contribution in [2.75, 3.05) is 7.11 Å². The molecule has 6 nitrogen and oxygen atoms in total. The van der Waals surface area contributed by atoms with Gasteiger partial charge in [-0.25, -0.2) is 0 Å². The quantitative estimate of drug-likeness (QED) is 0.760.